The summed E-state index contributed by atoms with van der Waals surface area (Å²) in [5.41, 5.74) is 1.43. The van der Waals surface area contributed by atoms with E-state index in [0.29, 0.717) is 5.41 Å². The second-order valence-electron chi connectivity index (χ2n) is 4.94. The fourth-order valence-corrected chi connectivity index (χ4v) is 1.21. The van der Waals surface area contributed by atoms with E-state index in [1.165, 1.54) is 0 Å². The van der Waals surface area contributed by atoms with Gasteiger partial charge < -0.3 is 4.74 Å². The third-order valence-electron chi connectivity index (χ3n) is 2.21. The minimum Gasteiger partial charge on any atom is -0.494 e. The molecule has 0 N–H and O–H groups in total. The molecule has 0 aliphatic heterocycles. The highest BCUT2D eigenvalue weighted by molar-refractivity contribution is 5.49. The molecule has 0 spiro atoms. The molecule has 0 amide bonds. The molecule has 0 atom stereocenters. The average molecular weight is 204 g/mol. The summed E-state index contributed by atoms with van der Waals surface area (Å²) < 4.78 is 5.68. The fourth-order valence-electron chi connectivity index (χ4n) is 1.21. The molecular weight excluding hydrogens is 184 g/mol. The van der Waals surface area contributed by atoms with Crippen LogP contribution < -0.4 is 4.74 Å². The molecule has 0 unspecified atom stereocenters. The maximum absolute atomic E-state index is 5.68. The van der Waals surface area contributed by atoms with Crippen molar-refractivity contribution in [2.75, 3.05) is 6.61 Å². The van der Waals surface area contributed by atoms with Crippen molar-refractivity contribution in [3.05, 3.63) is 36.4 Å². The second-order valence-corrected chi connectivity index (χ2v) is 4.94. The zero-order valence-corrected chi connectivity index (χ0v) is 9.92. The van der Waals surface area contributed by atoms with Gasteiger partial charge in [-0.15, -0.1) is 0 Å². The molecule has 1 aromatic carbocycles. The summed E-state index contributed by atoms with van der Waals surface area (Å²) in [6.45, 7) is 11.2. The van der Waals surface area contributed by atoms with E-state index in [2.05, 4.69) is 27.4 Å². The Kier molecular flexibility index (Phi) is 3.96. The van der Waals surface area contributed by atoms with Crippen LogP contribution in [0.2, 0.25) is 0 Å². The van der Waals surface area contributed by atoms with E-state index in [4.69, 9.17) is 4.74 Å². The predicted molar refractivity (Wildman–Crippen MR) is 66.1 cm³/mol. The van der Waals surface area contributed by atoms with Crippen molar-refractivity contribution in [1.82, 2.24) is 0 Å². The molecule has 1 nitrogen and oxygen atoms in total. The van der Waals surface area contributed by atoms with Gasteiger partial charge in [0.1, 0.15) is 5.75 Å². The van der Waals surface area contributed by atoms with Crippen LogP contribution >= 0.6 is 0 Å². The third kappa shape index (κ3) is 4.68. The van der Waals surface area contributed by atoms with Crippen LogP contribution in [0.15, 0.2) is 30.8 Å². The van der Waals surface area contributed by atoms with Crippen LogP contribution in [0, 0.1) is 5.41 Å². The molecule has 0 aliphatic carbocycles. The van der Waals surface area contributed by atoms with Crippen LogP contribution in [0.5, 0.6) is 5.75 Å². The molecule has 0 bridgehead atoms. The molecule has 0 radical (unpaired) electrons. The van der Waals surface area contributed by atoms with Gasteiger partial charge in [-0.05, 0) is 29.5 Å². The van der Waals surface area contributed by atoms with E-state index in [1.54, 1.807) is 0 Å². The number of hydrogen-bond acceptors (Lipinski definition) is 1. The number of ether oxygens (including phenoxy) is 1. The first-order chi connectivity index (χ1) is 7.01. The topological polar surface area (TPSA) is 9.23 Å². The number of rotatable bonds is 4. The number of hydrogen-bond donors (Lipinski definition) is 0. The quantitative estimate of drug-likeness (QED) is 0.716. The van der Waals surface area contributed by atoms with E-state index in [9.17, 15) is 0 Å². The van der Waals surface area contributed by atoms with Crippen molar-refractivity contribution < 1.29 is 4.74 Å². The highest BCUT2D eigenvalue weighted by Gasteiger charge is 2.09. The standard InChI is InChI=1S/C14H20O/c1-5-12-7-6-8-13(11-12)15-10-9-14(2,3)4/h5-8,11H,1,9-10H2,2-4H3. The Morgan fingerprint density at radius 1 is 1.33 bits per heavy atom. The van der Waals surface area contributed by atoms with E-state index < -0.39 is 0 Å². The Balaban J connectivity index is 2.47. The molecule has 0 aliphatic rings. The highest BCUT2D eigenvalue weighted by atomic mass is 16.5. The molecule has 0 saturated heterocycles. The van der Waals surface area contributed by atoms with Gasteiger partial charge in [0.25, 0.3) is 0 Å². The lowest BCUT2D eigenvalue weighted by atomic mass is 9.93. The molecule has 0 heterocycles. The van der Waals surface area contributed by atoms with Gasteiger partial charge in [0.2, 0.25) is 0 Å². The fraction of sp³-hybridized carbons (Fsp3) is 0.429. The Morgan fingerprint density at radius 3 is 2.67 bits per heavy atom. The van der Waals surface area contributed by atoms with Crippen LogP contribution in [0.4, 0.5) is 0 Å². The lowest BCUT2D eigenvalue weighted by molar-refractivity contribution is 0.243. The second kappa shape index (κ2) is 5.01. The summed E-state index contributed by atoms with van der Waals surface area (Å²) in [5.74, 6) is 0.927. The summed E-state index contributed by atoms with van der Waals surface area (Å²) in [6.07, 6.45) is 2.89. The van der Waals surface area contributed by atoms with E-state index >= 15 is 0 Å². The minimum atomic E-state index is 0.329. The van der Waals surface area contributed by atoms with Crippen molar-refractivity contribution in [2.45, 2.75) is 27.2 Å². The lowest BCUT2D eigenvalue weighted by Crippen LogP contribution is -2.11. The minimum absolute atomic E-state index is 0.329. The molecule has 0 saturated carbocycles. The molecule has 82 valence electrons. The molecule has 0 aromatic heterocycles. The summed E-state index contributed by atoms with van der Waals surface area (Å²) in [5, 5.41) is 0. The van der Waals surface area contributed by atoms with E-state index in [-0.39, 0.29) is 0 Å². The zero-order chi connectivity index (χ0) is 11.3. The smallest absolute Gasteiger partial charge is 0.119 e. The maximum Gasteiger partial charge on any atom is 0.119 e. The van der Waals surface area contributed by atoms with Gasteiger partial charge in [0.05, 0.1) is 6.61 Å². The first-order valence-electron chi connectivity index (χ1n) is 5.36. The Bertz CT molecular complexity index is 320. The molecule has 0 fully saturated rings. The molecule has 1 aromatic rings. The Labute approximate surface area is 92.8 Å². The van der Waals surface area contributed by atoms with E-state index in [1.807, 2.05) is 30.3 Å². The van der Waals surface area contributed by atoms with Crippen LogP contribution in [-0.2, 0) is 0 Å². The van der Waals surface area contributed by atoms with Crippen LogP contribution in [0.1, 0.15) is 32.8 Å². The third-order valence-corrected chi connectivity index (χ3v) is 2.21. The normalized spacial score (nSPS) is 11.1. The van der Waals surface area contributed by atoms with Gasteiger partial charge in [-0.25, -0.2) is 0 Å². The Morgan fingerprint density at radius 2 is 2.07 bits per heavy atom. The zero-order valence-electron chi connectivity index (χ0n) is 9.92. The van der Waals surface area contributed by atoms with Gasteiger partial charge in [0, 0.05) is 0 Å². The highest BCUT2D eigenvalue weighted by Crippen LogP contribution is 2.20. The van der Waals surface area contributed by atoms with Gasteiger partial charge in [-0.2, -0.15) is 0 Å². The van der Waals surface area contributed by atoms with Gasteiger partial charge >= 0.3 is 0 Å². The van der Waals surface area contributed by atoms with Crippen LogP contribution in [0.3, 0.4) is 0 Å². The van der Waals surface area contributed by atoms with Crippen molar-refractivity contribution >= 4 is 6.08 Å². The van der Waals surface area contributed by atoms with Crippen molar-refractivity contribution in [3.8, 4) is 5.75 Å². The van der Waals surface area contributed by atoms with E-state index in [0.717, 1.165) is 24.3 Å². The average Bonchev–Trinajstić information content (AvgIpc) is 2.16. The van der Waals surface area contributed by atoms with Gasteiger partial charge in [-0.1, -0.05) is 45.6 Å². The SMILES string of the molecule is C=Cc1cccc(OCCC(C)(C)C)c1. The summed E-state index contributed by atoms with van der Waals surface area (Å²) in [6, 6.07) is 8.00. The van der Waals surface area contributed by atoms with Crippen molar-refractivity contribution in [2.24, 2.45) is 5.41 Å². The molecule has 1 rings (SSSR count). The largest absolute Gasteiger partial charge is 0.494 e. The summed E-state index contributed by atoms with van der Waals surface area (Å²) >= 11 is 0. The number of benzene rings is 1. The maximum atomic E-state index is 5.68. The molecule has 1 heteroatoms. The lowest BCUT2D eigenvalue weighted by Gasteiger charge is -2.18. The van der Waals surface area contributed by atoms with Gasteiger partial charge in [0.15, 0.2) is 0 Å². The monoisotopic (exact) mass is 204 g/mol. The molecule has 15 heavy (non-hydrogen) atoms. The van der Waals surface area contributed by atoms with Crippen LogP contribution in [0.25, 0.3) is 6.08 Å². The van der Waals surface area contributed by atoms with Crippen molar-refractivity contribution in [3.63, 3.8) is 0 Å². The van der Waals surface area contributed by atoms with Crippen molar-refractivity contribution in [1.29, 1.82) is 0 Å². The summed E-state index contributed by atoms with van der Waals surface area (Å²) in [4.78, 5) is 0. The first kappa shape index (κ1) is 11.8. The summed E-state index contributed by atoms with van der Waals surface area (Å²) in [7, 11) is 0. The Hall–Kier alpha value is -1.24. The predicted octanol–water partition coefficient (Wildman–Crippen LogP) is 4.14. The molecular formula is C14H20O. The first-order valence-corrected chi connectivity index (χ1v) is 5.36. The van der Waals surface area contributed by atoms with Gasteiger partial charge in [-0.3, -0.25) is 0 Å². The van der Waals surface area contributed by atoms with Crippen LogP contribution in [-0.4, -0.2) is 6.61 Å².